The molecule has 3 aliphatic heterocycles. The Kier molecular flexibility index (Phi) is 8.25. The molecule has 0 radical (unpaired) electrons. The number of carbonyl (C=O) groups excluding carboxylic acids is 3. The Morgan fingerprint density at radius 2 is 1.36 bits per heavy atom. The number of aryl methyl sites for hydroxylation is 1. The standard InChI is InChI=1S/C43H37N3O4/c1-28-11-10-12-29(23-28)27-50-39-18-9-8-17-32(39)24-38-41(47)44-43(49)46(42(38)48)33-25-36-34(30-13-4-2-5-14-30)19-21-45-22-20-35(37(26-33)40(36)45)31-15-6-3-7-16-31/h2-18,23-26,34-35H,19-22,27H2,1H3,(H,44,47,49)/b38-24+/t34-,35+. The minimum absolute atomic E-state index is 0.0905. The molecule has 0 aliphatic carbocycles. The zero-order valence-corrected chi connectivity index (χ0v) is 27.8. The monoisotopic (exact) mass is 659 g/mol. The average Bonchev–Trinajstić information content (AvgIpc) is 3.14. The van der Waals surface area contributed by atoms with Gasteiger partial charge in [-0.05, 0) is 71.9 Å². The first-order valence-electron chi connectivity index (χ1n) is 17.2. The number of benzene rings is 5. The predicted octanol–water partition coefficient (Wildman–Crippen LogP) is 8.12. The van der Waals surface area contributed by atoms with E-state index in [1.807, 2.05) is 67.6 Å². The minimum atomic E-state index is -0.760. The third kappa shape index (κ3) is 5.85. The van der Waals surface area contributed by atoms with Crippen molar-refractivity contribution in [3.05, 3.63) is 166 Å². The lowest BCUT2D eigenvalue weighted by Crippen LogP contribution is -2.54. The Morgan fingerprint density at radius 3 is 2.00 bits per heavy atom. The Labute approximate surface area is 291 Å². The summed E-state index contributed by atoms with van der Waals surface area (Å²) in [4.78, 5) is 44.9. The van der Waals surface area contributed by atoms with Gasteiger partial charge in [-0.2, -0.15) is 0 Å². The average molecular weight is 660 g/mol. The Balaban J connectivity index is 1.21. The van der Waals surface area contributed by atoms with Crippen LogP contribution in [-0.2, 0) is 16.2 Å². The van der Waals surface area contributed by atoms with Crippen LogP contribution >= 0.6 is 0 Å². The highest BCUT2D eigenvalue weighted by molar-refractivity contribution is 6.39. The Morgan fingerprint density at radius 1 is 0.740 bits per heavy atom. The number of barbiturate groups is 1. The fraction of sp³-hybridized carbons (Fsp3) is 0.186. The van der Waals surface area contributed by atoms with Crippen molar-refractivity contribution in [3.8, 4) is 5.75 Å². The van der Waals surface area contributed by atoms with Crippen LogP contribution in [0.1, 0.15) is 63.6 Å². The molecule has 50 heavy (non-hydrogen) atoms. The lowest BCUT2D eigenvalue weighted by molar-refractivity contribution is -0.122. The summed E-state index contributed by atoms with van der Waals surface area (Å²) in [6.45, 7) is 4.21. The second-order valence-corrected chi connectivity index (χ2v) is 13.2. The van der Waals surface area contributed by atoms with Crippen molar-refractivity contribution < 1.29 is 19.1 Å². The van der Waals surface area contributed by atoms with E-state index in [4.69, 9.17) is 4.74 Å². The number of rotatable bonds is 7. The molecule has 0 unspecified atom stereocenters. The van der Waals surface area contributed by atoms with Gasteiger partial charge in [0.05, 0.1) is 5.69 Å². The molecule has 5 aromatic rings. The van der Waals surface area contributed by atoms with Gasteiger partial charge in [-0.1, -0.05) is 109 Å². The molecule has 1 N–H and O–H groups in total. The van der Waals surface area contributed by atoms with Crippen molar-refractivity contribution in [2.24, 2.45) is 0 Å². The molecule has 4 amide bonds. The minimum Gasteiger partial charge on any atom is -0.488 e. The topological polar surface area (TPSA) is 79.0 Å². The fourth-order valence-electron chi connectivity index (χ4n) is 7.71. The largest absolute Gasteiger partial charge is 0.488 e. The summed E-state index contributed by atoms with van der Waals surface area (Å²) in [5.41, 5.74) is 8.78. The van der Waals surface area contributed by atoms with Crippen LogP contribution < -0.4 is 19.9 Å². The van der Waals surface area contributed by atoms with Crippen molar-refractivity contribution in [2.75, 3.05) is 22.9 Å². The Hall–Kier alpha value is -5.95. The number of urea groups is 1. The van der Waals surface area contributed by atoms with Gasteiger partial charge in [-0.3, -0.25) is 14.9 Å². The first-order valence-corrected chi connectivity index (χ1v) is 17.2. The lowest BCUT2D eigenvalue weighted by atomic mass is 9.76. The molecule has 7 nitrogen and oxygen atoms in total. The van der Waals surface area contributed by atoms with E-state index in [9.17, 15) is 14.4 Å². The van der Waals surface area contributed by atoms with E-state index in [1.54, 1.807) is 6.07 Å². The molecule has 0 spiro atoms. The van der Waals surface area contributed by atoms with Gasteiger partial charge in [0.1, 0.15) is 17.9 Å². The molecule has 0 bridgehead atoms. The highest BCUT2D eigenvalue weighted by Gasteiger charge is 2.40. The zero-order chi connectivity index (χ0) is 34.2. The number of carbonyl (C=O) groups is 3. The quantitative estimate of drug-likeness (QED) is 0.141. The molecule has 1 fully saturated rings. The number of imide groups is 2. The van der Waals surface area contributed by atoms with Crippen LogP contribution in [0.2, 0.25) is 0 Å². The van der Waals surface area contributed by atoms with Crippen molar-refractivity contribution in [2.45, 2.75) is 38.2 Å². The maximum atomic E-state index is 14.4. The molecule has 8 rings (SSSR count). The number of ether oxygens (including phenoxy) is 1. The summed E-state index contributed by atoms with van der Waals surface area (Å²) in [7, 11) is 0. The van der Waals surface area contributed by atoms with Crippen LogP contribution in [0, 0.1) is 6.92 Å². The van der Waals surface area contributed by atoms with Gasteiger partial charge in [-0.15, -0.1) is 0 Å². The molecule has 1 saturated heterocycles. The van der Waals surface area contributed by atoms with Crippen molar-refractivity contribution in [1.82, 2.24) is 5.32 Å². The number of hydrogen-bond acceptors (Lipinski definition) is 5. The summed E-state index contributed by atoms with van der Waals surface area (Å²) in [5.74, 6) is -0.699. The first kappa shape index (κ1) is 31.3. The van der Waals surface area contributed by atoms with E-state index in [2.05, 4.69) is 64.8 Å². The van der Waals surface area contributed by atoms with E-state index in [0.717, 1.165) is 53.1 Å². The number of amides is 4. The van der Waals surface area contributed by atoms with E-state index in [-0.39, 0.29) is 17.4 Å². The summed E-state index contributed by atoms with van der Waals surface area (Å²) in [5, 5.41) is 2.45. The van der Waals surface area contributed by atoms with E-state index >= 15 is 0 Å². The molecular weight excluding hydrogens is 622 g/mol. The fourth-order valence-corrected chi connectivity index (χ4v) is 7.71. The molecule has 248 valence electrons. The summed E-state index contributed by atoms with van der Waals surface area (Å²) in [6, 6.07) is 39.4. The number of nitrogens with zero attached hydrogens (tertiary/aromatic N) is 2. The molecule has 2 atom stereocenters. The molecule has 3 aliphatic rings. The molecule has 7 heteroatoms. The zero-order valence-electron chi connectivity index (χ0n) is 27.8. The van der Waals surface area contributed by atoms with Crippen LogP contribution in [0.15, 0.2) is 127 Å². The van der Waals surface area contributed by atoms with Gasteiger partial charge in [0.25, 0.3) is 11.8 Å². The third-order valence-corrected chi connectivity index (χ3v) is 10.1. The van der Waals surface area contributed by atoms with E-state index in [0.29, 0.717) is 23.6 Å². The lowest BCUT2D eigenvalue weighted by Gasteiger charge is -2.44. The highest BCUT2D eigenvalue weighted by atomic mass is 16.5. The summed E-state index contributed by atoms with van der Waals surface area (Å²) < 4.78 is 6.17. The van der Waals surface area contributed by atoms with Crippen LogP contribution in [0.4, 0.5) is 16.2 Å². The number of nitrogens with one attached hydrogen (secondary N) is 1. The van der Waals surface area contributed by atoms with Crippen LogP contribution in [0.3, 0.4) is 0 Å². The highest BCUT2D eigenvalue weighted by Crippen LogP contribution is 2.50. The molecular formula is C43H37N3O4. The van der Waals surface area contributed by atoms with Gasteiger partial charge in [-0.25, -0.2) is 9.69 Å². The van der Waals surface area contributed by atoms with Crippen molar-refractivity contribution in [1.29, 1.82) is 0 Å². The number of para-hydroxylation sites is 1. The summed E-state index contributed by atoms with van der Waals surface area (Å²) >= 11 is 0. The Bertz CT molecular complexity index is 2070. The molecule has 3 heterocycles. The van der Waals surface area contributed by atoms with Gasteiger partial charge >= 0.3 is 6.03 Å². The van der Waals surface area contributed by atoms with E-state index < -0.39 is 17.8 Å². The molecule has 5 aromatic carbocycles. The smallest absolute Gasteiger partial charge is 0.335 e. The molecule has 0 aromatic heterocycles. The second kappa shape index (κ2) is 13.2. The van der Waals surface area contributed by atoms with Crippen LogP contribution in [-0.4, -0.2) is 30.9 Å². The third-order valence-electron chi connectivity index (χ3n) is 10.1. The second-order valence-electron chi connectivity index (χ2n) is 13.2. The number of anilines is 2. The summed E-state index contributed by atoms with van der Waals surface area (Å²) in [6.07, 6.45) is 3.35. The maximum Gasteiger partial charge on any atom is 0.335 e. The first-order chi connectivity index (χ1) is 24.4. The molecule has 0 saturated carbocycles. The van der Waals surface area contributed by atoms with Gasteiger partial charge in [0.15, 0.2) is 0 Å². The van der Waals surface area contributed by atoms with Crippen molar-refractivity contribution >= 4 is 35.3 Å². The predicted molar refractivity (Wildman–Crippen MR) is 195 cm³/mol. The van der Waals surface area contributed by atoms with Crippen molar-refractivity contribution in [3.63, 3.8) is 0 Å². The normalized spacial score (nSPS) is 19.3. The van der Waals surface area contributed by atoms with Crippen LogP contribution in [0.25, 0.3) is 6.08 Å². The maximum absolute atomic E-state index is 14.4. The SMILES string of the molecule is Cc1cccc(COc2ccccc2/C=C2\C(=O)NC(=O)N(c3cc4c5c(c3)[C@H](c3ccccc3)CCN5CC[C@@H]4c3ccccc3)C2=O)c1. The van der Waals surface area contributed by atoms with Gasteiger partial charge in [0.2, 0.25) is 0 Å². The van der Waals surface area contributed by atoms with Crippen LogP contribution in [0.5, 0.6) is 5.75 Å². The van der Waals surface area contributed by atoms with Gasteiger partial charge < -0.3 is 9.64 Å². The number of hydrogen-bond donors (Lipinski definition) is 1. The van der Waals surface area contributed by atoms with E-state index in [1.165, 1.54) is 22.9 Å². The van der Waals surface area contributed by atoms with Gasteiger partial charge in [0, 0.05) is 36.2 Å².